The lowest BCUT2D eigenvalue weighted by Crippen LogP contribution is -2.17. The van der Waals surface area contributed by atoms with Gasteiger partial charge in [-0.05, 0) is 31.9 Å². The van der Waals surface area contributed by atoms with Gasteiger partial charge in [0.05, 0.1) is 6.07 Å². The van der Waals surface area contributed by atoms with Crippen LogP contribution >= 0.6 is 0 Å². The highest BCUT2D eigenvalue weighted by Gasteiger charge is 2.31. The molecule has 1 atom stereocenters. The highest BCUT2D eigenvalue weighted by atomic mass is 16.3. The van der Waals surface area contributed by atoms with Gasteiger partial charge in [0.25, 0.3) is 0 Å². The molecular formula is C18H17N5O2. The summed E-state index contributed by atoms with van der Waals surface area (Å²) in [6, 6.07) is 7.26. The maximum atomic E-state index is 12.9. The lowest BCUT2D eigenvalue weighted by Gasteiger charge is -2.09. The lowest BCUT2D eigenvalue weighted by molar-refractivity contribution is 0.0949. The molecule has 25 heavy (non-hydrogen) atoms. The number of pyridine rings is 1. The number of fused-ring (bicyclic) bond motifs is 2. The average molecular weight is 335 g/mol. The summed E-state index contributed by atoms with van der Waals surface area (Å²) in [4.78, 5) is 17.2. The van der Waals surface area contributed by atoms with Crippen molar-refractivity contribution >= 4 is 16.9 Å². The van der Waals surface area contributed by atoms with Crippen molar-refractivity contribution in [2.45, 2.75) is 45.1 Å². The van der Waals surface area contributed by atoms with Gasteiger partial charge in [-0.3, -0.25) is 4.79 Å². The van der Waals surface area contributed by atoms with Gasteiger partial charge >= 0.3 is 0 Å². The summed E-state index contributed by atoms with van der Waals surface area (Å²) in [6.45, 7) is 2.61. The van der Waals surface area contributed by atoms with Gasteiger partial charge in [-0.15, -0.1) is 10.2 Å². The molecule has 0 aromatic carbocycles. The van der Waals surface area contributed by atoms with E-state index in [0.717, 1.165) is 43.7 Å². The van der Waals surface area contributed by atoms with E-state index in [0.29, 0.717) is 16.9 Å². The third kappa shape index (κ3) is 2.70. The van der Waals surface area contributed by atoms with Gasteiger partial charge in [-0.1, -0.05) is 6.42 Å². The van der Waals surface area contributed by atoms with Gasteiger partial charge in [0.1, 0.15) is 11.3 Å². The molecular weight excluding hydrogens is 318 g/mol. The molecule has 1 aliphatic rings. The Kier molecular flexibility index (Phi) is 3.80. The Balaban J connectivity index is 1.72. The Labute approximate surface area is 144 Å². The molecule has 126 valence electrons. The molecule has 3 aromatic heterocycles. The van der Waals surface area contributed by atoms with Crippen molar-refractivity contribution in [1.82, 2.24) is 19.7 Å². The van der Waals surface area contributed by atoms with Crippen molar-refractivity contribution in [2.75, 3.05) is 0 Å². The van der Waals surface area contributed by atoms with Gasteiger partial charge in [-0.2, -0.15) is 5.26 Å². The van der Waals surface area contributed by atoms with Crippen molar-refractivity contribution in [2.24, 2.45) is 0 Å². The smallest absolute Gasteiger partial charge is 0.222 e. The van der Waals surface area contributed by atoms with Crippen LogP contribution in [0.25, 0.3) is 11.1 Å². The van der Waals surface area contributed by atoms with Crippen LogP contribution < -0.4 is 0 Å². The minimum Gasteiger partial charge on any atom is -0.451 e. The molecule has 0 aliphatic carbocycles. The van der Waals surface area contributed by atoms with Gasteiger partial charge in [-0.25, -0.2) is 4.98 Å². The van der Waals surface area contributed by atoms with Crippen LogP contribution in [0.5, 0.6) is 0 Å². The van der Waals surface area contributed by atoms with Crippen LogP contribution in [-0.2, 0) is 13.0 Å². The number of nitriles is 1. The fourth-order valence-corrected chi connectivity index (χ4v) is 3.24. The van der Waals surface area contributed by atoms with Crippen LogP contribution in [0.2, 0.25) is 0 Å². The number of nitrogens with zero attached hydrogens (tertiary/aromatic N) is 5. The SMILES string of the molecule is Cc1ccc2oc(C(=O)[C@H](C#N)c3nnc4n3CCCCC4)cc2n1. The quantitative estimate of drug-likeness (QED) is 0.683. The van der Waals surface area contributed by atoms with E-state index >= 15 is 0 Å². The van der Waals surface area contributed by atoms with Crippen molar-refractivity contribution in [3.63, 3.8) is 0 Å². The van der Waals surface area contributed by atoms with Crippen molar-refractivity contribution in [1.29, 1.82) is 5.26 Å². The van der Waals surface area contributed by atoms with E-state index in [2.05, 4.69) is 21.3 Å². The van der Waals surface area contributed by atoms with Crippen LogP contribution in [-0.4, -0.2) is 25.5 Å². The summed E-state index contributed by atoms with van der Waals surface area (Å²) in [5, 5.41) is 17.9. The number of Topliss-reactive ketones (excluding diaryl/α,β-unsaturated/α-hetero) is 1. The van der Waals surface area contributed by atoms with Gasteiger partial charge < -0.3 is 8.98 Å². The fraction of sp³-hybridized carbons (Fsp3) is 0.389. The minimum absolute atomic E-state index is 0.130. The third-order valence-corrected chi connectivity index (χ3v) is 4.54. The van der Waals surface area contributed by atoms with Crippen molar-refractivity contribution in [3.05, 3.63) is 41.3 Å². The number of rotatable bonds is 3. The second-order valence-corrected chi connectivity index (χ2v) is 6.31. The molecule has 0 saturated carbocycles. The van der Waals surface area contributed by atoms with Gasteiger partial charge in [0.2, 0.25) is 5.78 Å². The zero-order valence-corrected chi connectivity index (χ0v) is 13.9. The maximum absolute atomic E-state index is 12.9. The molecule has 1 aliphatic heterocycles. The Bertz CT molecular complexity index is 995. The second kappa shape index (κ2) is 6.13. The van der Waals surface area contributed by atoms with Gasteiger partial charge in [0.15, 0.2) is 23.1 Å². The zero-order valence-electron chi connectivity index (χ0n) is 13.9. The predicted octanol–water partition coefficient (Wildman–Crippen LogP) is 2.94. The Morgan fingerprint density at radius 3 is 3.04 bits per heavy atom. The number of furan rings is 1. The summed E-state index contributed by atoms with van der Waals surface area (Å²) in [7, 11) is 0. The predicted molar refractivity (Wildman–Crippen MR) is 89.0 cm³/mol. The van der Waals surface area contributed by atoms with E-state index in [9.17, 15) is 10.1 Å². The summed E-state index contributed by atoms with van der Waals surface area (Å²) < 4.78 is 7.53. The first kappa shape index (κ1) is 15.5. The molecule has 4 heterocycles. The molecule has 3 aromatic rings. The first-order valence-electron chi connectivity index (χ1n) is 8.40. The Hall–Kier alpha value is -3.01. The molecule has 0 N–H and O–H groups in total. The van der Waals surface area contributed by atoms with E-state index in [1.165, 1.54) is 0 Å². The minimum atomic E-state index is -1.03. The molecule has 0 unspecified atom stereocenters. The molecule has 4 rings (SSSR count). The zero-order chi connectivity index (χ0) is 17.4. The van der Waals surface area contributed by atoms with E-state index in [1.54, 1.807) is 12.1 Å². The first-order chi connectivity index (χ1) is 12.2. The van der Waals surface area contributed by atoms with E-state index in [-0.39, 0.29) is 5.76 Å². The normalized spacial score (nSPS) is 15.4. The van der Waals surface area contributed by atoms with Gasteiger partial charge in [0, 0.05) is 24.7 Å². The monoisotopic (exact) mass is 335 g/mol. The molecule has 0 spiro atoms. The molecule has 7 nitrogen and oxygen atoms in total. The topological polar surface area (TPSA) is 97.6 Å². The molecule has 0 amide bonds. The van der Waals surface area contributed by atoms with E-state index in [4.69, 9.17) is 4.42 Å². The van der Waals surface area contributed by atoms with Crippen LogP contribution in [0.4, 0.5) is 0 Å². The van der Waals surface area contributed by atoms with Crippen LogP contribution in [0.1, 0.15) is 53.1 Å². The molecule has 7 heteroatoms. The van der Waals surface area contributed by atoms with Crippen LogP contribution in [0.15, 0.2) is 22.6 Å². The highest BCUT2D eigenvalue weighted by molar-refractivity contribution is 6.02. The largest absolute Gasteiger partial charge is 0.451 e. The summed E-state index contributed by atoms with van der Waals surface area (Å²) in [5.41, 5.74) is 1.98. The third-order valence-electron chi connectivity index (χ3n) is 4.54. The number of aryl methyl sites for hydroxylation is 2. The number of hydrogen-bond donors (Lipinski definition) is 0. The Morgan fingerprint density at radius 2 is 2.20 bits per heavy atom. The number of ketones is 1. The molecule has 0 fully saturated rings. The number of carbonyl (C=O) groups excluding carboxylic acids is 1. The fourth-order valence-electron chi connectivity index (χ4n) is 3.24. The van der Waals surface area contributed by atoms with E-state index in [1.807, 2.05) is 17.6 Å². The van der Waals surface area contributed by atoms with Crippen molar-refractivity contribution < 1.29 is 9.21 Å². The Morgan fingerprint density at radius 1 is 1.32 bits per heavy atom. The van der Waals surface area contributed by atoms with Crippen LogP contribution in [0, 0.1) is 18.3 Å². The molecule has 0 saturated heterocycles. The van der Waals surface area contributed by atoms with E-state index < -0.39 is 11.7 Å². The number of hydrogen-bond acceptors (Lipinski definition) is 6. The van der Waals surface area contributed by atoms with Crippen molar-refractivity contribution in [3.8, 4) is 6.07 Å². The standard InChI is InChI=1S/C18H17N5O2/c1-11-6-7-14-13(20-11)9-15(25-14)17(24)12(10-19)18-22-21-16-5-3-2-4-8-23(16)18/h6-7,9,12H,2-5,8H2,1H3/t12-/m0/s1. The summed E-state index contributed by atoms with van der Waals surface area (Å²) >= 11 is 0. The second-order valence-electron chi connectivity index (χ2n) is 6.31. The number of carbonyl (C=O) groups is 1. The summed E-state index contributed by atoms with van der Waals surface area (Å²) in [6.07, 6.45) is 3.99. The average Bonchev–Trinajstić information content (AvgIpc) is 3.12. The molecule has 0 bridgehead atoms. The lowest BCUT2D eigenvalue weighted by atomic mass is 10.0. The highest BCUT2D eigenvalue weighted by Crippen LogP contribution is 2.26. The van der Waals surface area contributed by atoms with Crippen LogP contribution in [0.3, 0.4) is 0 Å². The maximum Gasteiger partial charge on any atom is 0.222 e. The summed E-state index contributed by atoms with van der Waals surface area (Å²) in [5.74, 6) is -0.0410. The number of aromatic nitrogens is 4. The first-order valence-corrected chi connectivity index (χ1v) is 8.40. The molecule has 0 radical (unpaired) electrons.